The molecule has 1 aliphatic heterocycles. The first kappa shape index (κ1) is 23.7. The molecule has 1 aliphatic rings. The molecule has 1 amide bonds. The number of ether oxygens (including phenoxy) is 1. The molecule has 0 aliphatic carbocycles. The van der Waals surface area contributed by atoms with Crippen LogP contribution in [-0.2, 0) is 14.8 Å². The Bertz CT molecular complexity index is 1060. The molecule has 0 atom stereocenters. The van der Waals surface area contributed by atoms with Gasteiger partial charge in [-0.15, -0.1) is 0 Å². The van der Waals surface area contributed by atoms with Crippen molar-refractivity contribution in [2.45, 2.75) is 24.2 Å². The summed E-state index contributed by atoms with van der Waals surface area (Å²) in [7, 11) is -3.50. The second kappa shape index (κ2) is 10.6. The lowest BCUT2D eigenvalue weighted by Crippen LogP contribution is -2.37. The molecule has 0 unspecified atom stereocenters. The van der Waals surface area contributed by atoms with Crippen molar-refractivity contribution in [3.8, 4) is 5.75 Å². The first-order valence-electron chi connectivity index (χ1n) is 9.54. The number of carbonyl (C=O) groups excluding carboxylic acids is 1. The fourth-order valence-electron chi connectivity index (χ4n) is 3.03. The van der Waals surface area contributed by atoms with Crippen molar-refractivity contribution in [1.29, 1.82) is 0 Å². The second-order valence-corrected chi connectivity index (χ2v) is 10.0. The van der Waals surface area contributed by atoms with Crippen LogP contribution in [0.25, 0.3) is 0 Å². The molecule has 2 N–H and O–H groups in total. The Balaban J connectivity index is 1.51. The molecule has 3 rings (SSSR count). The van der Waals surface area contributed by atoms with Gasteiger partial charge in [0.15, 0.2) is 11.7 Å². The third-order valence-corrected chi connectivity index (χ3v) is 7.22. The van der Waals surface area contributed by atoms with Crippen LogP contribution in [0.3, 0.4) is 0 Å². The van der Waals surface area contributed by atoms with Crippen molar-refractivity contribution in [2.75, 3.05) is 25.0 Å². The van der Waals surface area contributed by atoms with Gasteiger partial charge in [0.05, 0.1) is 9.92 Å². The largest absolute Gasteiger partial charge is 0.482 e. The fraction of sp³-hybridized carbons (Fsp3) is 0.300. The van der Waals surface area contributed by atoms with Gasteiger partial charge in [-0.05, 0) is 67.5 Å². The summed E-state index contributed by atoms with van der Waals surface area (Å²) in [5.41, 5.74) is 0.546. The van der Waals surface area contributed by atoms with Crippen LogP contribution in [0.15, 0.2) is 47.4 Å². The maximum atomic E-state index is 12.7. The molecule has 7 nitrogen and oxygen atoms in total. The number of hydrogen-bond acceptors (Lipinski definition) is 5. The first-order chi connectivity index (χ1) is 14.8. The molecule has 1 saturated heterocycles. The van der Waals surface area contributed by atoms with Crippen LogP contribution >= 0.6 is 35.4 Å². The van der Waals surface area contributed by atoms with Crippen LogP contribution in [0.2, 0.25) is 10.0 Å². The van der Waals surface area contributed by atoms with Gasteiger partial charge in [-0.2, -0.15) is 4.31 Å². The smallest absolute Gasteiger partial charge is 0.264 e. The molecular formula is C20H21Cl2N3O4S2. The minimum Gasteiger partial charge on any atom is -0.482 e. The number of hydrogen-bond donors (Lipinski definition) is 2. The maximum Gasteiger partial charge on any atom is 0.264 e. The number of piperidine rings is 1. The van der Waals surface area contributed by atoms with Gasteiger partial charge in [0.2, 0.25) is 10.0 Å². The third kappa shape index (κ3) is 6.54. The normalized spacial score (nSPS) is 14.6. The lowest BCUT2D eigenvalue weighted by Gasteiger charge is -2.25. The second-order valence-electron chi connectivity index (χ2n) is 6.85. The molecule has 0 aromatic heterocycles. The monoisotopic (exact) mass is 501 g/mol. The first-order valence-corrected chi connectivity index (χ1v) is 12.1. The van der Waals surface area contributed by atoms with E-state index >= 15 is 0 Å². The predicted octanol–water partition coefficient (Wildman–Crippen LogP) is 4.06. The van der Waals surface area contributed by atoms with Gasteiger partial charge in [-0.25, -0.2) is 8.42 Å². The molecule has 0 radical (unpaired) electrons. The summed E-state index contributed by atoms with van der Waals surface area (Å²) in [5.74, 6) is -0.154. The van der Waals surface area contributed by atoms with Gasteiger partial charge in [0.1, 0.15) is 5.75 Å². The summed E-state index contributed by atoms with van der Waals surface area (Å²) in [4.78, 5) is 12.3. The highest BCUT2D eigenvalue weighted by molar-refractivity contribution is 7.89. The molecule has 2 aromatic carbocycles. The number of rotatable bonds is 6. The summed E-state index contributed by atoms with van der Waals surface area (Å²) < 4.78 is 32.2. The number of nitrogens with one attached hydrogen (secondary N) is 2. The van der Waals surface area contributed by atoms with Crippen LogP contribution in [0.5, 0.6) is 5.75 Å². The molecule has 1 fully saturated rings. The highest BCUT2D eigenvalue weighted by Crippen LogP contribution is 2.27. The SMILES string of the molecule is O=C(COc1ccc(Cl)cc1Cl)NC(=S)Nc1ccc(S(=O)(=O)N2CCCCC2)cc1. The van der Waals surface area contributed by atoms with Crippen LogP contribution in [0.1, 0.15) is 19.3 Å². The van der Waals surface area contributed by atoms with Gasteiger partial charge in [0, 0.05) is 23.8 Å². The number of thiocarbonyl (C=S) groups is 1. The Morgan fingerprint density at radius 1 is 1.06 bits per heavy atom. The van der Waals surface area contributed by atoms with E-state index in [9.17, 15) is 13.2 Å². The number of carbonyl (C=O) groups is 1. The molecule has 0 saturated carbocycles. The number of benzene rings is 2. The molecule has 1 heterocycles. The number of nitrogens with zero attached hydrogens (tertiary/aromatic N) is 1. The predicted molar refractivity (Wildman–Crippen MR) is 125 cm³/mol. The van der Waals surface area contributed by atoms with Crippen LogP contribution < -0.4 is 15.4 Å². The molecule has 166 valence electrons. The maximum absolute atomic E-state index is 12.7. The Hall–Kier alpha value is -1.91. The number of sulfonamides is 1. The van der Waals surface area contributed by atoms with Gasteiger partial charge >= 0.3 is 0 Å². The quantitative estimate of drug-likeness (QED) is 0.580. The average Bonchev–Trinajstić information content (AvgIpc) is 2.74. The highest BCUT2D eigenvalue weighted by Gasteiger charge is 2.25. The summed E-state index contributed by atoms with van der Waals surface area (Å²) >= 11 is 16.9. The zero-order chi connectivity index (χ0) is 22.4. The lowest BCUT2D eigenvalue weighted by molar-refractivity contribution is -0.121. The zero-order valence-corrected chi connectivity index (χ0v) is 19.6. The molecular weight excluding hydrogens is 481 g/mol. The van der Waals surface area contributed by atoms with E-state index in [1.54, 1.807) is 24.3 Å². The summed E-state index contributed by atoms with van der Waals surface area (Å²) in [6, 6.07) is 10.9. The van der Waals surface area contributed by atoms with E-state index in [-0.39, 0.29) is 16.6 Å². The minimum absolute atomic E-state index is 0.0578. The van der Waals surface area contributed by atoms with Crippen LogP contribution in [0, 0.1) is 0 Å². The Labute approximate surface area is 196 Å². The van der Waals surface area contributed by atoms with E-state index in [1.807, 2.05) is 0 Å². The highest BCUT2D eigenvalue weighted by atomic mass is 35.5. The van der Waals surface area contributed by atoms with Crippen molar-refractivity contribution in [3.05, 3.63) is 52.5 Å². The third-order valence-electron chi connectivity index (χ3n) is 4.57. The molecule has 0 spiro atoms. The summed E-state index contributed by atoms with van der Waals surface area (Å²) in [6.07, 6.45) is 2.80. The standard InChI is InChI=1S/C20H21Cl2N3O4S2/c21-14-4-9-18(17(22)12-14)29-13-19(26)24-20(30)23-15-5-7-16(8-6-15)31(27,28)25-10-2-1-3-11-25/h4-9,12H,1-3,10-11,13H2,(H2,23,24,26,30). The number of anilines is 1. The van der Waals surface area contributed by atoms with E-state index in [2.05, 4.69) is 10.6 Å². The molecule has 11 heteroatoms. The summed E-state index contributed by atoms with van der Waals surface area (Å²) in [5, 5.41) is 6.14. The van der Waals surface area contributed by atoms with Crippen LogP contribution in [0.4, 0.5) is 5.69 Å². The molecule has 2 aromatic rings. The van der Waals surface area contributed by atoms with Gasteiger partial charge in [-0.3, -0.25) is 10.1 Å². The van der Waals surface area contributed by atoms with Gasteiger partial charge in [0.25, 0.3) is 5.91 Å². The summed E-state index contributed by atoms with van der Waals surface area (Å²) in [6.45, 7) is 0.791. The minimum atomic E-state index is -3.50. The average molecular weight is 502 g/mol. The van der Waals surface area contributed by atoms with Crippen molar-refractivity contribution < 1.29 is 17.9 Å². The fourth-order valence-corrected chi connectivity index (χ4v) is 5.24. The van der Waals surface area contributed by atoms with E-state index in [0.717, 1.165) is 19.3 Å². The topological polar surface area (TPSA) is 87.7 Å². The molecule has 31 heavy (non-hydrogen) atoms. The van der Waals surface area contributed by atoms with Gasteiger partial charge in [-0.1, -0.05) is 29.6 Å². The Morgan fingerprint density at radius 2 is 1.74 bits per heavy atom. The Kier molecular flexibility index (Phi) is 8.12. The number of halogens is 2. The van der Waals surface area contributed by atoms with E-state index < -0.39 is 15.9 Å². The van der Waals surface area contributed by atoms with E-state index in [0.29, 0.717) is 34.6 Å². The van der Waals surface area contributed by atoms with Gasteiger partial charge < -0.3 is 10.1 Å². The van der Waals surface area contributed by atoms with Crippen molar-refractivity contribution in [2.24, 2.45) is 0 Å². The zero-order valence-electron chi connectivity index (χ0n) is 16.4. The molecule has 0 bridgehead atoms. The Morgan fingerprint density at radius 3 is 2.39 bits per heavy atom. The van der Waals surface area contributed by atoms with Crippen molar-refractivity contribution in [3.63, 3.8) is 0 Å². The van der Waals surface area contributed by atoms with E-state index in [1.165, 1.54) is 22.5 Å². The van der Waals surface area contributed by atoms with Crippen LogP contribution in [-0.4, -0.2) is 43.4 Å². The van der Waals surface area contributed by atoms with Crippen molar-refractivity contribution >= 4 is 62.2 Å². The number of amides is 1. The lowest BCUT2D eigenvalue weighted by atomic mass is 10.2. The van der Waals surface area contributed by atoms with E-state index in [4.69, 9.17) is 40.2 Å². The van der Waals surface area contributed by atoms with Crippen molar-refractivity contribution in [1.82, 2.24) is 9.62 Å².